The van der Waals surface area contributed by atoms with E-state index in [0.717, 1.165) is 12.8 Å². The number of likely N-dealkylation sites (tertiary alicyclic amines) is 1. The molecule has 0 spiro atoms. The molecule has 1 amide bonds. The van der Waals surface area contributed by atoms with Crippen LogP contribution in [0.3, 0.4) is 0 Å². The fourth-order valence-electron chi connectivity index (χ4n) is 3.14. The molecule has 3 rings (SSSR count). The van der Waals surface area contributed by atoms with Crippen LogP contribution >= 0.6 is 0 Å². The van der Waals surface area contributed by atoms with E-state index in [0.29, 0.717) is 13.1 Å². The van der Waals surface area contributed by atoms with Crippen LogP contribution in [0.5, 0.6) is 0 Å². The molecule has 1 aliphatic rings. The third-order valence-corrected chi connectivity index (χ3v) is 6.21. The number of benzene rings is 1. The Kier molecular flexibility index (Phi) is 4.71. The smallest absolute Gasteiger partial charge is 0.255 e. The first kappa shape index (κ1) is 16.7. The topological polar surface area (TPSA) is 72.3 Å². The van der Waals surface area contributed by atoms with E-state index >= 15 is 0 Å². The Balaban J connectivity index is 1.89. The van der Waals surface area contributed by atoms with Gasteiger partial charge in [-0.1, -0.05) is 19.1 Å². The number of sulfone groups is 1. The molecule has 0 saturated carbocycles. The predicted octanol–water partition coefficient (Wildman–Crippen LogP) is 1.98. The van der Waals surface area contributed by atoms with Crippen molar-refractivity contribution in [1.82, 2.24) is 14.7 Å². The van der Waals surface area contributed by atoms with Crippen molar-refractivity contribution in [3.8, 4) is 0 Å². The highest BCUT2D eigenvalue weighted by Crippen LogP contribution is 2.25. The van der Waals surface area contributed by atoms with Crippen molar-refractivity contribution in [3.05, 3.63) is 48.3 Å². The summed E-state index contributed by atoms with van der Waals surface area (Å²) in [7, 11) is -3.44. The molecule has 0 N–H and O–H groups in total. The Morgan fingerprint density at radius 2 is 2.08 bits per heavy atom. The molecule has 2 heterocycles. The van der Waals surface area contributed by atoms with E-state index in [1.165, 1.54) is 6.07 Å². The molecular weight excluding hydrogens is 326 g/mol. The molecule has 128 valence electrons. The summed E-state index contributed by atoms with van der Waals surface area (Å²) in [5.41, 5.74) is 0.270. The number of hydrogen-bond donors (Lipinski definition) is 0. The van der Waals surface area contributed by atoms with Gasteiger partial charge < -0.3 is 4.90 Å². The minimum atomic E-state index is -3.44. The monoisotopic (exact) mass is 347 g/mol. The lowest BCUT2D eigenvalue weighted by Crippen LogP contribution is -2.38. The molecule has 1 aliphatic heterocycles. The van der Waals surface area contributed by atoms with Crippen molar-refractivity contribution in [3.63, 3.8) is 0 Å². The summed E-state index contributed by atoms with van der Waals surface area (Å²) in [6.45, 7) is 2.86. The van der Waals surface area contributed by atoms with Crippen molar-refractivity contribution in [2.75, 3.05) is 12.3 Å². The maximum atomic E-state index is 13.0. The summed E-state index contributed by atoms with van der Waals surface area (Å²) in [4.78, 5) is 14.9. The number of aromatic nitrogens is 2. The second-order valence-electron chi connectivity index (χ2n) is 5.92. The fraction of sp³-hybridized carbons (Fsp3) is 0.412. The van der Waals surface area contributed by atoms with Crippen molar-refractivity contribution >= 4 is 15.7 Å². The number of amides is 1. The average molecular weight is 347 g/mol. The lowest BCUT2D eigenvalue weighted by Gasteiger charge is -2.25. The summed E-state index contributed by atoms with van der Waals surface area (Å²) in [5, 5.41) is 4.20. The highest BCUT2D eigenvalue weighted by molar-refractivity contribution is 7.91. The van der Waals surface area contributed by atoms with Crippen LogP contribution in [-0.2, 0) is 16.4 Å². The van der Waals surface area contributed by atoms with Gasteiger partial charge in [0, 0.05) is 18.9 Å². The van der Waals surface area contributed by atoms with Crippen LogP contribution in [0.25, 0.3) is 0 Å². The molecule has 24 heavy (non-hydrogen) atoms. The van der Waals surface area contributed by atoms with E-state index in [1.54, 1.807) is 36.2 Å². The lowest BCUT2D eigenvalue weighted by atomic mass is 10.1. The zero-order valence-corrected chi connectivity index (χ0v) is 14.4. The molecule has 1 atom stereocenters. The molecule has 1 fully saturated rings. The van der Waals surface area contributed by atoms with Gasteiger partial charge in [-0.05, 0) is 31.0 Å². The largest absolute Gasteiger partial charge is 0.334 e. The molecule has 0 radical (unpaired) electrons. The molecule has 0 bridgehead atoms. The van der Waals surface area contributed by atoms with Crippen LogP contribution in [0, 0.1) is 0 Å². The molecule has 2 aromatic rings. The summed E-state index contributed by atoms with van der Waals surface area (Å²) >= 11 is 0. The van der Waals surface area contributed by atoms with E-state index in [-0.39, 0.29) is 28.2 Å². The van der Waals surface area contributed by atoms with Crippen LogP contribution < -0.4 is 0 Å². The van der Waals surface area contributed by atoms with Crippen LogP contribution in [0.4, 0.5) is 0 Å². The standard InChI is InChI=1S/C17H21N3O3S/c1-2-24(22,23)16-9-4-3-8-15(16)17(21)20-12-5-7-14(20)13-19-11-6-10-18-19/h3-4,6,8-11,14H,2,5,7,12-13H2,1H3/t14-/m0/s1. The van der Waals surface area contributed by atoms with Crippen LogP contribution in [0.15, 0.2) is 47.6 Å². The summed E-state index contributed by atoms with van der Waals surface area (Å²) in [5.74, 6) is -0.231. The molecule has 6 nitrogen and oxygen atoms in total. The van der Waals surface area contributed by atoms with Gasteiger partial charge in [-0.3, -0.25) is 9.48 Å². The predicted molar refractivity (Wildman–Crippen MR) is 90.5 cm³/mol. The van der Waals surface area contributed by atoms with Crippen LogP contribution in [0.2, 0.25) is 0 Å². The zero-order chi connectivity index (χ0) is 17.2. The maximum Gasteiger partial charge on any atom is 0.255 e. The van der Waals surface area contributed by atoms with E-state index in [2.05, 4.69) is 5.10 Å². The summed E-state index contributed by atoms with van der Waals surface area (Å²) < 4.78 is 26.4. The van der Waals surface area contributed by atoms with E-state index in [1.807, 2.05) is 16.9 Å². The first-order valence-corrected chi connectivity index (χ1v) is 9.78. The Morgan fingerprint density at radius 1 is 1.29 bits per heavy atom. The van der Waals surface area contributed by atoms with Crippen molar-refractivity contribution in [1.29, 1.82) is 0 Å². The molecule has 0 unspecified atom stereocenters. The minimum Gasteiger partial charge on any atom is -0.334 e. The normalized spacial score (nSPS) is 18.0. The van der Waals surface area contributed by atoms with Crippen molar-refractivity contribution in [2.45, 2.75) is 37.2 Å². The SMILES string of the molecule is CCS(=O)(=O)c1ccccc1C(=O)N1CCC[C@H]1Cn1cccn1. The van der Waals surface area contributed by atoms with Gasteiger partial charge in [0.05, 0.1) is 28.8 Å². The van der Waals surface area contributed by atoms with E-state index in [4.69, 9.17) is 0 Å². The Morgan fingerprint density at radius 3 is 2.79 bits per heavy atom. The number of carbonyl (C=O) groups is 1. The van der Waals surface area contributed by atoms with Gasteiger partial charge in [0.2, 0.25) is 0 Å². The zero-order valence-electron chi connectivity index (χ0n) is 13.6. The minimum absolute atomic E-state index is 0.0198. The number of nitrogens with zero attached hydrogens (tertiary/aromatic N) is 3. The summed E-state index contributed by atoms with van der Waals surface area (Å²) in [6, 6.07) is 8.38. The average Bonchev–Trinajstić information content (AvgIpc) is 3.26. The van der Waals surface area contributed by atoms with Gasteiger partial charge in [0.15, 0.2) is 9.84 Å². The molecule has 0 aliphatic carbocycles. The maximum absolute atomic E-state index is 13.0. The van der Waals surface area contributed by atoms with E-state index < -0.39 is 9.84 Å². The lowest BCUT2D eigenvalue weighted by molar-refractivity contribution is 0.0717. The second-order valence-corrected chi connectivity index (χ2v) is 8.17. The fourth-order valence-corrected chi connectivity index (χ4v) is 4.23. The number of carbonyl (C=O) groups excluding carboxylic acids is 1. The quantitative estimate of drug-likeness (QED) is 0.829. The van der Waals surface area contributed by atoms with Gasteiger partial charge >= 0.3 is 0 Å². The molecular formula is C17H21N3O3S. The van der Waals surface area contributed by atoms with Crippen molar-refractivity contribution < 1.29 is 13.2 Å². The molecule has 1 aromatic carbocycles. The Labute approximate surface area is 142 Å². The number of rotatable bonds is 5. The highest BCUT2D eigenvalue weighted by atomic mass is 32.2. The van der Waals surface area contributed by atoms with Crippen LogP contribution in [-0.4, -0.2) is 47.3 Å². The second kappa shape index (κ2) is 6.76. The first-order chi connectivity index (χ1) is 11.5. The third kappa shape index (κ3) is 3.21. The Hall–Kier alpha value is -2.15. The Bertz CT molecular complexity index is 815. The molecule has 1 saturated heterocycles. The van der Waals surface area contributed by atoms with Crippen LogP contribution in [0.1, 0.15) is 30.1 Å². The van der Waals surface area contributed by atoms with Gasteiger partial charge in [0.25, 0.3) is 5.91 Å². The van der Waals surface area contributed by atoms with Gasteiger partial charge in [-0.15, -0.1) is 0 Å². The van der Waals surface area contributed by atoms with E-state index in [9.17, 15) is 13.2 Å². The van der Waals surface area contributed by atoms with Crippen molar-refractivity contribution in [2.24, 2.45) is 0 Å². The van der Waals surface area contributed by atoms with Gasteiger partial charge in [-0.2, -0.15) is 5.10 Å². The third-order valence-electron chi connectivity index (χ3n) is 4.43. The van der Waals surface area contributed by atoms with Gasteiger partial charge in [-0.25, -0.2) is 8.42 Å². The first-order valence-electron chi connectivity index (χ1n) is 8.13. The molecule has 7 heteroatoms. The number of hydrogen-bond acceptors (Lipinski definition) is 4. The molecule has 1 aromatic heterocycles. The highest BCUT2D eigenvalue weighted by Gasteiger charge is 2.32. The van der Waals surface area contributed by atoms with Gasteiger partial charge in [0.1, 0.15) is 0 Å². The summed E-state index contributed by atoms with van der Waals surface area (Å²) in [6.07, 6.45) is 5.40.